The van der Waals surface area contributed by atoms with E-state index in [9.17, 15) is 5.11 Å². The van der Waals surface area contributed by atoms with Crippen molar-refractivity contribution in [1.29, 1.82) is 0 Å². The third-order valence-corrected chi connectivity index (χ3v) is 2.47. The summed E-state index contributed by atoms with van der Waals surface area (Å²) in [7, 11) is 1.54. The predicted molar refractivity (Wildman–Crippen MR) is 53.8 cm³/mol. The van der Waals surface area contributed by atoms with Crippen molar-refractivity contribution >= 4 is 0 Å². The van der Waals surface area contributed by atoms with Gasteiger partial charge in [-0.1, -0.05) is 5.16 Å². The summed E-state index contributed by atoms with van der Waals surface area (Å²) >= 11 is 0. The van der Waals surface area contributed by atoms with Gasteiger partial charge in [-0.2, -0.15) is 4.98 Å². The number of aromatic nitrogens is 2. The van der Waals surface area contributed by atoms with Gasteiger partial charge in [0.05, 0.1) is 19.1 Å². The van der Waals surface area contributed by atoms with E-state index in [1.54, 1.807) is 0 Å². The number of nitrogens with zero attached hydrogens (tertiary/aromatic N) is 2. The molecule has 6 nitrogen and oxygen atoms in total. The Kier molecular flexibility index (Phi) is 3.87. The van der Waals surface area contributed by atoms with Crippen LogP contribution in [0.5, 0.6) is 0 Å². The monoisotopic (exact) mass is 228 g/mol. The molecule has 1 N–H and O–H groups in total. The molecule has 0 spiro atoms. The minimum Gasteiger partial charge on any atom is -0.390 e. The van der Waals surface area contributed by atoms with Crippen LogP contribution in [-0.4, -0.2) is 41.7 Å². The third kappa shape index (κ3) is 2.78. The fourth-order valence-corrected chi connectivity index (χ4v) is 1.72. The quantitative estimate of drug-likeness (QED) is 0.789. The van der Waals surface area contributed by atoms with Gasteiger partial charge in [-0.25, -0.2) is 0 Å². The Bertz CT molecular complexity index is 322. The Labute approximate surface area is 93.6 Å². The second kappa shape index (κ2) is 5.38. The van der Waals surface area contributed by atoms with E-state index in [0.29, 0.717) is 18.1 Å². The van der Waals surface area contributed by atoms with Crippen LogP contribution >= 0.6 is 0 Å². The molecule has 1 aromatic heterocycles. The van der Waals surface area contributed by atoms with Gasteiger partial charge in [0.1, 0.15) is 6.10 Å². The van der Waals surface area contributed by atoms with Gasteiger partial charge in [0, 0.05) is 13.7 Å². The Hall–Kier alpha value is -0.980. The van der Waals surface area contributed by atoms with Gasteiger partial charge in [-0.05, 0) is 12.8 Å². The summed E-state index contributed by atoms with van der Waals surface area (Å²) in [5.41, 5.74) is 0. The molecule has 90 valence electrons. The van der Waals surface area contributed by atoms with E-state index in [1.165, 1.54) is 7.11 Å². The fraction of sp³-hybridized carbons (Fsp3) is 0.800. The molecule has 2 atom stereocenters. The van der Waals surface area contributed by atoms with Crippen molar-refractivity contribution in [2.24, 2.45) is 0 Å². The number of hydrogen-bond acceptors (Lipinski definition) is 6. The molecule has 0 radical (unpaired) electrons. The van der Waals surface area contributed by atoms with Crippen LogP contribution in [0.1, 0.15) is 30.7 Å². The van der Waals surface area contributed by atoms with Crippen LogP contribution < -0.4 is 0 Å². The average Bonchev–Trinajstić information content (AvgIpc) is 2.86. The molecule has 0 aliphatic carbocycles. The largest absolute Gasteiger partial charge is 0.390 e. The molecular weight excluding hydrogens is 212 g/mol. The molecule has 0 saturated carbocycles. The first kappa shape index (κ1) is 11.5. The Balaban J connectivity index is 1.91. The summed E-state index contributed by atoms with van der Waals surface area (Å²) < 4.78 is 15.3. The van der Waals surface area contributed by atoms with Crippen molar-refractivity contribution in [3.8, 4) is 0 Å². The van der Waals surface area contributed by atoms with Gasteiger partial charge >= 0.3 is 0 Å². The van der Waals surface area contributed by atoms with E-state index >= 15 is 0 Å². The lowest BCUT2D eigenvalue weighted by Crippen LogP contribution is -2.17. The topological polar surface area (TPSA) is 77.6 Å². The minimum atomic E-state index is -0.609. The molecule has 2 unspecified atom stereocenters. The average molecular weight is 228 g/mol. The summed E-state index contributed by atoms with van der Waals surface area (Å²) in [5, 5.41) is 13.3. The zero-order valence-electron chi connectivity index (χ0n) is 9.26. The number of aliphatic hydroxyl groups is 1. The van der Waals surface area contributed by atoms with Crippen LogP contribution in [-0.2, 0) is 15.9 Å². The number of rotatable bonds is 5. The number of ether oxygens (including phenoxy) is 2. The van der Waals surface area contributed by atoms with E-state index in [0.717, 1.165) is 19.4 Å². The highest BCUT2D eigenvalue weighted by Gasteiger charge is 2.23. The summed E-state index contributed by atoms with van der Waals surface area (Å²) in [6.45, 7) is 1.01. The zero-order chi connectivity index (χ0) is 11.4. The second-order valence-electron chi connectivity index (χ2n) is 3.86. The molecule has 0 amide bonds. The Morgan fingerprint density at radius 1 is 1.62 bits per heavy atom. The maximum atomic E-state index is 9.49. The van der Waals surface area contributed by atoms with E-state index < -0.39 is 6.10 Å². The lowest BCUT2D eigenvalue weighted by atomic mass is 10.2. The SMILES string of the molecule is COCC(O)Cc1nc(C2CCCO2)no1. The van der Waals surface area contributed by atoms with Crippen LogP contribution in [0.2, 0.25) is 0 Å². The van der Waals surface area contributed by atoms with E-state index in [1.807, 2.05) is 0 Å². The summed E-state index contributed by atoms with van der Waals surface area (Å²) in [6.07, 6.45) is 1.62. The predicted octanol–water partition coefficient (Wildman–Crippen LogP) is 0.471. The number of aliphatic hydroxyl groups excluding tert-OH is 1. The molecular formula is C10H16N2O4. The molecule has 1 aliphatic heterocycles. The van der Waals surface area contributed by atoms with Crippen LogP contribution in [0.3, 0.4) is 0 Å². The summed E-state index contributed by atoms with van der Waals surface area (Å²) in [6, 6.07) is 0. The first-order valence-electron chi connectivity index (χ1n) is 5.40. The van der Waals surface area contributed by atoms with Crippen molar-refractivity contribution < 1.29 is 19.1 Å². The van der Waals surface area contributed by atoms with Gasteiger partial charge in [0.15, 0.2) is 0 Å². The minimum absolute atomic E-state index is 0.0444. The maximum absolute atomic E-state index is 9.49. The van der Waals surface area contributed by atoms with Gasteiger partial charge in [0.2, 0.25) is 11.7 Å². The standard InChI is InChI=1S/C10H16N2O4/c1-14-6-7(13)5-9-11-10(12-16-9)8-3-2-4-15-8/h7-8,13H,2-6H2,1H3. The molecule has 1 saturated heterocycles. The van der Waals surface area contributed by atoms with E-state index in [-0.39, 0.29) is 12.7 Å². The zero-order valence-corrected chi connectivity index (χ0v) is 9.26. The highest BCUT2D eigenvalue weighted by molar-refractivity contribution is 4.94. The Morgan fingerprint density at radius 2 is 2.50 bits per heavy atom. The molecule has 2 rings (SSSR count). The van der Waals surface area contributed by atoms with Crippen LogP contribution in [0.25, 0.3) is 0 Å². The number of hydrogen-bond donors (Lipinski definition) is 1. The smallest absolute Gasteiger partial charge is 0.229 e. The fourth-order valence-electron chi connectivity index (χ4n) is 1.72. The van der Waals surface area contributed by atoms with Crippen molar-refractivity contribution in [2.45, 2.75) is 31.5 Å². The first-order chi connectivity index (χ1) is 7.79. The normalized spacial score (nSPS) is 22.5. The maximum Gasteiger partial charge on any atom is 0.229 e. The van der Waals surface area contributed by atoms with Gasteiger partial charge in [-0.3, -0.25) is 0 Å². The first-order valence-corrected chi connectivity index (χ1v) is 5.40. The van der Waals surface area contributed by atoms with Gasteiger partial charge in [-0.15, -0.1) is 0 Å². The van der Waals surface area contributed by atoms with E-state index in [4.69, 9.17) is 14.0 Å². The van der Waals surface area contributed by atoms with Crippen LogP contribution in [0.4, 0.5) is 0 Å². The van der Waals surface area contributed by atoms with Crippen molar-refractivity contribution in [3.63, 3.8) is 0 Å². The molecule has 0 aromatic carbocycles. The molecule has 0 bridgehead atoms. The lowest BCUT2D eigenvalue weighted by molar-refractivity contribution is 0.0599. The van der Waals surface area contributed by atoms with Crippen LogP contribution in [0, 0.1) is 0 Å². The second-order valence-corrected chi connectivity index (χ2v) is 3.86. The van der Waals surface area contributed by atoms with Crippen molar-refractivity contribution in [1.82, 2.24) is 10.1 Å². The highest BCUT2D eigenvalue weighted by Crippen LogP contribution is 2.26. The molecule has 1 aliphatic rings. The molecule has 1 fully saturated rings. The molecule has 16 heavy (non-hydrogen) atoms. The van der Waals surface area contributed by atoms with E-state index in [2.05, 4.69) is 10.1 Å². The highest BCUT2D eigenvalue weighted by atomic mass is 16.5. The molecule has 6 heteroatoms. The van der Waals surface area contributed by atoms with Crippen molar-refractivity contribution in [3.05, 3.63) is 11.7 Å². The Morgan fingerprint density at radius 3 is 3.19 bits per heavy atom. The lowest BCUT2D eigenvalue weighted by Gasteiger charge is -2.04. The third-order valence-electron chi connectivity index (χ3n) is 2.47. The van der Waals surface area contributed by atoms with Gasteiger partial charge < -0.3 is 19.1 Å². The number of methoxy groups -OCH3 is 1. The molecule has 2 heterocycles. The van der Waals surface area contributed by atoms with Crippen molar-refractivity contribution in [2.75, 3.05) is 20.3 Å². The summed E-state index contributed by atoms with van der Waals surface area (Å²) in [5.74, 6) is 1.01. The van der Waals surface area contributed by atoms with Gasteiger partial charge in [0.25, 0.3) is 0 Å². The molecule has 1 aromatic rings. The summed E-state index contributed by atoms with van der Waals surface area (Å²) in [4.78, 5) is 4.20. The van der Waals surface area contributed by atoms with Crippen LogP contribution in [0.15, 0.2) is 4.52 Å².